The number of hydrogen-bond acceptors (Lipinski definition) is 4. The van der Waals surface area contributed by atoms with E-state index >= 15 is 0 Å². The number of amides is 1. The standard InChI is InChI=1S/C17H20N4O2/c1-2-7-21-10-15(18-19-21)16(23)20-9-12-3-4-13(22)8-14(12)17(11-20)5-6-17/h3-4,8,10,22H,2,5-7,9,11H2,1H3. The molecule has 6 heteroatoms. The molecule has 1 amide bonds. The first-order valence-electron chi connectivity index (χ1n) is 8.13. The van der Waals surface area contributed by atoms with Crippen LogP contribution in [0.1, 0.15) is 47.8 Å². The first kappa shape index (κ1) is 14.2. The summed E-state index contributed by atoms with van der Waals surface area (Å²) in [4.78, 5) is 14.6. The minimum atomic E-state index is -0.0580. The molecule has 0 radical (unpaired) electrons. The molecule has 1 aliphatic carbocycles. The van der Waals surface area contributed by atoms with E-state index in [4.69, 9.17) is 0 Å². The van der Waals surface area contributed by atoms with Crippen LogP contribution < -0.4 is 0 Å². The second-order valence-corrected chi connectivity index (χ2v) is 6.65. The van der Waals surface area contributed by atoms with E-state index in [1.807, 2.05) is 17.0 Å². The highest BCUT2D eigenvalue weighted by atomic mass is 16.3. The molecule has 6 nitrogen and oxygen atoms in total. The molecule has 23 heavy (non-hydrogen) atoms. The van der Waals surface area contributed by atoms with E-state index in [-0.39, 0.29) is 11.3 Å². The summed E-state index contributed by atoms with van der Waals surface area (Å²) in [7, 11) is 0. The summed E-state index contributed by atoms with van der Waals surface area (Å²) in [5, 5.41) is 17.8. The maximum Gasteiger partial charge on any atom is 0.276 e. The lowest BCUT2D eigenvalue weighted by Gasteiger charge is -2.34. The first-order valence-corrected chi connectivity index (χ1v) is 8.13. The zero-order valence-corrected chi connectivity index (χ0v) is 13.2. The molecule has 2 aliphatic rings. The Kier molecular flexibility index (Phi) is 3.14. The quantitative estimate of drug-likeness (QED) is 0.942. The Morgan fingerprint density at radius 1 is 1.39 bits per heavy atom. The van der Waals surface area contributed by atoms with Crippen LogP contribution in [0.4, 0.5) is 0 Å². The molecule has 0 unspecified atom stereocenters. The molecule has 1 spiro atoms. The van der Waals surface area contributed by atoms with Crippen molar-refractivity contribution in [2.24, 2.45) is 0 Å². The van der Waals surface area contributed by atoms with Crippen LogP contribution in [0.15, 0.2) is 24.4 Å². The molecule has 2 heterocycles. The number of nitrogens with zero attached hydrogens (tertiary/aromatic N) is 4. The van der Waals surface area contributed by atoms with E-state index in [0.29, 0.717) is 24.5 Å². The third-order valence-electron chi connectivity index (χ3n) is 4.87. The van der Waals surface area contributed by atoms with Crippen molar-refractivity contribution in [1.82, 2.24) is 19.9 Å². The monoisotopic (exact) mass is 312 g/mol. The van der Waals surface area contributed by atoms with Crippen LogP contribution in [-0.2, 0) is 18.5 Å². The molecule has 1 aromatic heterocycles. The molecule has 4 rings (SSSR count). The van der Waals surface area contributed by atoms with Crippen molar-refractivity contribution in [3.05, 3.63) is 41.2 Å². The molecule has 0 saturated heterocycles. The topological polar surface area (TPSA) is 71.2 Å². The van der Waals surface area contributed by atoms with Crippen LogP contribution >= 0.6 is 0 Å². The minimum Gasteiger partial charge on any atom is -0.508 e. The summed E-state index contributed by atoms with van der Waals surface area (Å²) in [5.41, 5.74) is 2.77. The van der Waals surface area contributed by atoms with Gasteiger partial charge in [0.05, 0.1) is 6.20 Å². The Labute approximate surface area is 134 Å². The third-order valence-corrected chi connectivity index (χ3v) is 4.87. The van der Waals surface area contributed by atoms with Gasteiger partial charge in [0.25, 0.3) is 5.91 Å². The molecule has 1 saturated carbocycles. The second-order valence-electron chi connectivity index (χ2n) is 6.65. The zero-order chi connectivity index (χ0) is 16.0. The van der Waals surface area contributed by atoms with Gasteiger partial charge in [0.15, 0.2) is 5.69 Å². The fourth-order valence-electron chi connectivity index (χ4n) is 3.53. The normalized spacial score (nSPS) is 18.0. The lowest BCUT2D eigenvalue weighted by Crippen LogP contribution is -2.41. The number of phenols is 1. The number of aromatic hydroxyl groups is 1. The van der Waals surface area contributed by atoms with Crippen LogP contribution in [-0.4, -0.2) is 37.5 Å². The van der Waals surface area contributed by atoms with E-state index in [1.54, 1.807) is 16.9 Å². The summed E-state index contributed by atoms with van der Waals surface area (Å²) in [6, 6.07) is 5.49. The summed E-state index contributed by atoms with van der Waals surface area (Å²) in [6.45, 7) is 4.10. The van der Waals surface area contributed by atoms with Crippen LogP contribution in [0.5, 0.6) is 5.75 Å². The van der Waals surface area contributed by atoms with E-state index in [9.17, 15) is 9.90 Å². The number of rotatable bonds is 3. The van der Waals surface area contributed by atoms with Gasteiger partial charge in [-0.15, -0.1) is 5.10 Å². The summed E-state index contributed by atoms with van der Waals surface area (Å²) < 4.78 is 1.72. The van der Waals surface area contributed by atoms with E-state index in [0.717, 1.165) is 31.4 Å². The van der Waals surface area contributed by atoms with Gasteiger partial charge >= 0.3 is 0 Å². The van der Waals surface area contributed by atoms with Gasteiger partial charge in [0.2, 0.25) is 0 Å². The molecule has 1 aliphatic heterocycles. The van der Waals surface area contributed by atoms with Gasteiger partial charge in [-0.3, -0.25) is 9.48 Å². The average Bonchev–Trinajstić information content (AvgIpc) is 3.15. The number of fused-ring (bicyclic) bond motifs is 2. The molecule has 1 fully saturated rings. The van der Waals surface area contributed by atoms with Gasteiger partial charge in [-0.1, -0.05) is 18.2 Å². The maximum atomic E-state index is 12.8. The Morgan fingerprint density at radius 2 is 2.22 bits per heavy atom. The van der Waals surface area contributed by atoms with Gasteiger partial charge in [0.1, 0.15) is 5.75 Å². The SMILES string of the molecule is CCCn1cc(C(=O)N2Cc3ccc(O)cc3C3(CC3)C2)nn1. The molecule has 120 valence electrons. The molecule has 1 N–H and O–H groups in total. The van der Waals surface area contributed by atoms with Crippen LogP contribution in [0.2, 0.25) is 0 Å². The number of aryl methyl sites for hydroxylation is 1. The third kappa shape index (κ3) is 2.38. The summed E-state index contributed by atoms with van der Waals surface area (Å²) in [5.74, 6) is 0.245. The fraction of sp³-hybridized carbons (Fsp3) is 0.471. The van der Waals surface area contributed by atoms with Crippen LogP contribution in [0.3, 0.4) is 0 Å². The molecule has 2 aromatic rings. The predicted octanol–water partition coefficient (Wildman–Crippen LogP) is 2.08. The molecule has 0 bridgehead atoms. The van der Waals surface area contributed by atoms with E-state index < -0.39 is 0 Å². The molecule has 1 aromatic carbocycles. The van der Waals surface area contributed by atoms with Crippen LogP contribution in [0, 0.1) is 0 Å². The highest BCUT2D eigenvalue weighted by Gasteiger charge is 2.50. The predicted molar refractivity (Wildman–Crippen MR) is 84.1 cm³/mol. The molecule has 0 atom stereocenters. The van der Waals surface area contributed by atoms with Crippen molar-refractivity contribution >= 4 is 5.91 Å². The second kappa shape index (κ2) is 5.08. The number of benzene rings is 1. The van der Waals surface area contributed by atoms with Crippen molar-refractivity contribution in [3.8, 4) is 5.75 Å². The lowest BCUT2D eigenvalue weighted by molar-refractivity contribution is 0.0703. The number of carbonyl (C=O) groups excluding carboxylic acids is 1. The Bertz CT molecular complexity index is 764. The zero-order valence-electron chi connectivity index (χ0n) is 13.2. The van der Waals surface area contributed by atoms with Gasteiger partial charge in [-0.2, -0.15) is 0 Å². The number of phenolic OH excluding ortho intramolecular Hbond substituents is 1. The van der Waals surface area contributed by atoms with Crippen molar-refractivity contribution in [3.63, 3.8) is 0 Å². The summed E-state index contributed by atoms with van der Waals surface area (Å²) in [6.07, 6.45) is 4.82. The van der Waals surface area contributed by atoms with E-state index in [2.05, 4.69) is 17.2 Å². The Morgan fingerprint density at radius 3 is 2.96 bits per heavy atom. The van der Waals surface area contributed by atoms with Gasteiger partial charge in [-0.05, 0) is 42.5 Å². The fourth-order valence-corrected chi connectivity index (χ4v) is 3.53. The lowest BCUT2D eigenvalue weighted by atomic mass is 9.86. The molecular formula is C17H20N4O2. The average molecular weight is 312 g/mol. The van der Waals surface area contributed by atoms with Gasteiger partial charge in [-0.25, -0.2) is 0 Å². The van der Waals surface area contributed by atoms with E-state index in [1.165, 1.54) is 5.56 Å². The van der Waals surface area contributed by atoms with Crippen molar-refractivity contribution in [2.75, 3.05) is 6.54 Å². The van der Waals surface area contributed by atoms with Gasteiger partial charge in [0, 0.05) is 25.0 Å². The van der Waals surface area contributed by atoms with Crippen molar-refractivity contribution < 1.29 is 9.90 Å². The van der Waals surface area contributed by atoms with Gasteiger partial charge < -0.3 is 10.0 Å². The Hall–Kier alpha value is -2.37. The Balaban J connectivity index is 1.61. The van der Waals surface area contributed by atoms with Crippen molar-refractivity contribution in [2.45, 2.75) is 44.7 Å². The first-order chi connectivity index (χ1) is 11.1. The largest absolute Gasteiger partial charge is 0.508 e. The molecular weight excluding hydrogens is 292 g/mol. The minimum absolute atomic E-state index is 0.0292. The smallest absolute Gasteiger partial charge is 0.276 e. The number of hydrogen-bond donors (Lipinski definition) is 1. The highest BCUT2D eigenvalue weighted by molar-refractivity contribution is 5.92. The van der Waals surface area contributed by atoms with Crippen LogP contribution in [0.25, 0.3) is 0 Å². The highest BCUT2D eigenvalue weighted by Crippen LogP contribution is 2.53. The maximum absolute atomic E-state index is 12.8. The number of carbonyl (C=O) groups is 1. The van der Waals surface area contributed by atoms with Crippen molar-refractivity contribution in [1.29, 1.82) is 0 Å². The number of aromatic nitrogens is 3. The summed E-state index contributed by atoms with van der Waals surface area (Å²) >= 11 is 0.